The van der Waals surface area contributed by atoms with Gasteiger partial charge >= 0.3 is 0 Å². The quantitative estimate of drug-likeness (QED) is 0.730. The van der Waals surface area contributed by atoms with E-state index < -0.39 is 0 Å². The molecule has 0 radical (unpaired) electrons. The Morgan fingerprint density at radius 2 is 1.90 bits per heavy atom. The molecule has 0 bridgehead atoms. The molecule has 2 aliphatic rings. The topological polar surface area (TPSA) is 63.7 Å². The molecule has 3 heterocycles. The Morgan fingerprint density at radius 1 is 1.07 bits per heavy atom. The van der Waals surface area contributed by atoms with Crippen molar-refractivity contribution < 1.29 is 14.3 Å². The summed E-state index contributed by atoms with van der Waals surface area (Å²) in [7, 11) is 0. The van der Waals surface area contributed by atoms with Crippen molar-refractivity contribution in [3.05, 3.63) is 71.9 Å². The molecule has 6 nitrogen and oxygen atoms in total. The molecule has 1 unspecified atom stereocenters. The maximum absolute atomic E-state index is 13.1. The highest BCUT2D eigenvalue weighted by Crippen LogP contribution is 2.34. The molecule has 1 N–H and O–H groups in total. The van der Waals surface area contributed by atoms with Gasteiger partial charge in [-0.3, -0.25) is 4.79 Å². The van der Waals surface area contributed by atoms with E-state index in [1.807, 2.05) is 53.4 Å². The third-order valence-corrected chi connectivity index (χ3v) is 5.25. The minimum absolute atomic E-state index is 0.0270. The van der Waals surface area contributed by atoms with Crippen molar-refractivity contribution in [1.82, 2.24) is 4.98 Å². The minimum Gasteiger partial charge on any atom is -0.486 e. The third kappa shape index (κ3) is 3.27. The molecule has 0 aliphatic carbocycles. The highest BCUT2D eigenvalue weighted by molar-refractivity contribution is 6.07. The van der Waals surface area contributed by atoms with Gasteiger partial charge in [0.25, 0.3) is 5.91 Å². The second-order valence-corrected chi connectivity index (χ2v) is 7.27. The van der Waals surface area contributed by atoms with Crippen LogP contribution in [0.3, 0.4) is 0 Å². The number of aromatic nitrogens is 1. The van der Waals surface area contributed by atoms with Crippen LogP contribution in [0.5, 0.6) is 11.5 Å². The summed E-state index contributed by atoms with van der Waals surface area (Å²) < 4.78 is 11.2. The van der Waals surface area contributed by atoms with Gasteiger partial charge in [0.15, 0.2) is 11.5 Å². The van der Waals surface area contributed by atoms with Crippen LogP contribution in [0.4, 0.5) is 17.2 Å². The highest BCUT2D eigenvalue weighted by atomic mass is 16.6. The first-order valence-corrected chi connectivity index (χ1v) is 9.73. The summed E-state index contributed by atoms with van der Waals surface area (Å²) in [6, 6.07) is 17.5. The SMILES string of the molecule is CC1Cc2ccccc2N1C(=O)c1ccc(Nc2ccc3c(c2)OCCO3)nc1. The zero-order valence-corrected chi connectivity index (χ0v) is 16.1. The van der Waals surface area contributed by atoms with Gasteiger partial charge in [-0.15, -0.1) is 0 Å². The first-order chi connectivity index (χ1) is 14.2. The van der Waals surface area contributed by atoms with Crippen LogP contribution in [0.1, 0.15) is 22.8 Å². The van der Waals surface area contributed by atoms with Crippen LogP contribution >= 0.6 is 0 Å². The molecule has 0 spiro atoms. The number of hydrogen-bond acceptors (Lipinski definition) is 5. The molecule has 146 valence electrons. The van der Waals surface area contributed by atoms with Crippen molar-refractivity contribution in [2.75, 3.05) is 23.4 Å². The number of benzene rings is 2. The maximum Gasteiger partial charge on any atom is 0.260 e. The molecule has 1 amide bonds. The lowest BCUT2D eigenvalue weighted by atomic mass is 10.1. The predicted molar refractivity (Wildman–Crippen MR) is 111 cm³/mol. The molecular weight excluding hydrogens is 366 g/mol. The number of amides is 1. The van der Waals surface area contributed by atoms with Crippen molar-refractivity contribution in [3.8, 4) is 11.5 Å². The van der Waals surface area contributed by atoms with Gasteiger partial charge in [-0.25, -0.2) is 4.98 Å². The molecule has 29 heavy (non-hydrogen) atoms. The number of fused-ring (bicyclic) bond motifs is 2. The number of ether oxygens (including phenoxy) is 2. The lowest BCUT2D eigenvalue weighted by molar-refractivity contribution is 0.0981. The van der Waals surface area contributed by atoms with Crippen molar-refractivity contribution >= 4 is 23.1 Å². The number of nitrogens with zero attached hydrogens (tertiary/aromatic N) is 2. The summed E-state index contributed by atoms with van der Waals surface area (Å²) in [6.07, 6.45) is 2.50. The van der Waals surface area contributed by atoms with Gasteiger partial charge in [0.1, 0.15) is 19.0 Å². The van der Waals surface area contributed by atoms with E-state index in [2.05, 4.69) is 23.3 Å². The van der Waals surface area contributed by atoms with Crippen LogP contribution in [0.25, 0.3) is 0 Å². The summed E-state index contributed by atoms with van der Waals surface area (Å²) in [5, 5.41) is 3.24. The zero-order valence-electron chi connectivity index (χ0n) is 16.1. The number of rotatable bonds is 3. The molecule has 0 fully saturated rings. The Labute approximate surface area is 169 Å². The average molecular weight is 387 g/mol. The summed E-state index contributed by atoms with van der Waals surface area (Å²) in [4.78, 5) is 19.4. The first kappa shape index (κ1) is 17.6. The van der Waals surface area contributed by atoms with Crippen LogP contribution in [0.15, 0.2) is 60.8 Å². The fourth-order valence-corrected chi connectivity index (χ4v) is 3.88. The predicted octanol–water partition coefficient (Wildman–Crippen LogP) is 4.19. The van der Waals surface area contributed by atoms with Crippen LogP contribution < -0.4 is 19.7 Å². The number of anilines is 3. The van der Waals surface area contributed by atoms with Crippen LogP contribution in [-0.2, 0) is 6.42 Å². The summed E-state index contributed by atoms with van der Waals surface area (Å²) >= 11 is 0. The van der Waals surface area contributed by atoms with Gasteiger partial charge in [0.05, 0.1) is 5.56 Å². The van der Waals surface area contributed by atoms with Gasteiger partial charge in [0.2, 0.25) is 0 Å². The standard InChI is InChI=1S/C23H21N3O3/c1-15-12-16-4-2-3-5-19(16)26(15)23(27)17-6-9-22(24-14-17)25-18-7-8-20-21(13-18)29-11-10-28-20/h2-9,13-15H,10-12H2,1H3,(H,24,25). The first-order valence-electron chi connectivity index (χ1n) is 9.73. The van der Waals surface area contributed by atoms with E-state index >= 15 is 0 Å². The highest BCUT2D eigenvalue weighted by Gasteiger charge is 2.31. The van der Waals surface area contributed by atoms with Crippen LogP contribution in [-0.4, -0.2) is 30.1 Å². The molecule has 0 saturated carbocycles. The molecule has 6 heteroatoms. The fourth-order valence-electron chi connectivity index (χ4n) is 3.88. The minimum atomic E-state index is -0.0270. The largest absolute Gasteiger partial charge is 0.486 e. The van der Waals surface area contributed by atoms with Crippen molar-refractivity contribution in [2.24, 2.45) is 0 Å². The maximum atomic E-state index is 13.1. The van der Waals surface area contributed by atoms with E-state index in [4.69, 9.17) is 9.47 Å². The Morgan fingerprint density at radius 3 is 2.72 bits per heavy atom. The number of hydrogen-bond donors (Lipinski definition) is 1. The van der Waals surface area contributed by atoms with Crippen molar-refractivity contribution in [3.63, 3.8) is 0 Å². The van der Waals surface area contributed by atoms with Gasteiger partial charge in [-0.1, -0.05) is 18.2 Å². The molecule has 3 aromatic rings. The van der Waals surface area contributed by atoms with Gasteiger partial charge < -0.3 is 19.7 Å². The number of para-hydroxylation sites is 1. The average Bonchev–Trinajstić information content (AvgIpc) is 3.09. The number of nitrogens with one attached hydrogen (secondary N) is 1. The van der Waals surface area contributed by atoms with E-state index in [0.29, 0.717) is 24.6 Å². The van der Waals surface area contributed by atoms with Crippen molar-refractivity contribution in [2.45, 2.75) is 19.4 Å². The molecule has 2 aromatic carbocycles. The van der Waals surface area contributed by atoms with E-state index in [9.17, 15) is 4.79 Å². The van der Waals surface area contributed by atoms with E-state index in [1.165, 1.54) is 5.56 Å². The molecule has 1 atom stereocenters. The molecule has 0 saturated heterocycles. The van der Waals surface area contributed by atoms with Crippen molar-refractivity contribution in [1.29, 1.82) is 0 Å². The van der Waals surface area contributed by atoms with Crippen LogP contribution in [0, 0.1) is 0 Å². The lowest BCUT2D eigenvalue weighted by Gasteiger charge is -2.22. The number of pyridine rings is 1. The van der Waals surface area contributed by atoms with Gasteiger partial charge in [-0.2, -0.15) is 0 Å². The second kappa shape index (κ2) is 7.13. The summed E-state index contributed by atoms with van der Waals surface area (Å²) in [6.45, 7) is 3.18. The monoisotopic (exact) mass is 387 g/mol. The van der Waals surface area contributed by atoms with Crippen LogP contribution in [0.2, 0.25) is 0 Å². The third-order valence-electron chi connectivity index (χ3n) is 5.25. The Kier molecular flexibility index (Phi) is 4.31. The molecule has 2 aliphatic heterocycles. The number of carbonyl (C=O) groups excluding carboxylic acids is 1. The Balaban J connectivity index is 1.33. The molecular formula is C23H21N3O3. The van der Waals surface area contributed by atoms with E-state index in [0.717, 1.165) is 29.3 Å². The summed E-state index contributed by atoms with van der Waals surface area (Å²) in [5.74, 6) is 2.10. The van der Waals surface area contributed by atoms with Gasteiger partial charge in [0, 0.05) is 29.7 Å². The van der Waals surface area contributed by atoms with Gasteiger partial charge in [-0.05, 0) is 49.2 Å². The number of carbonyl (C=O) groups is 1. The molecule has 5 rings (SSSR count). The Bertz CT molecular complexity index is 1070. The lowest BCUT2D eigenvalue weighted by Crippen LogP contribution is -2.35. The van der Waals surface area contributed by atoms with E-state index in [-0.39, 0.29) is 11.9 Å². The molecule has 1 aromatic heterocycles. The normalized spacial score (nSPS) is 17.0. The zero-order chi connectivity index (χ0) is 19.8. The van der Waals surface area contributed by atoms with E-state index in [1.54, 1.807) is 6.20 Å². The summed E-state index contributed by atoms with van der Waals surface area (Å²) in [5.41, 5.74) is 3.62. The smallest absolute Gasteiger partial charge is 0.260 e. The second-order valence-electron chi connectivity index (χ2n) is 7.27. The fraction of sp³-hybridized carbons (Fsp3) is 0.217. The Hall–Kier alpha value is -3.54.